The molecule has 6 saturated heterocycles. The normalized spacial score (nSPS) is 19.7. The number of carbonyl (C=O) groups excluding carboxylic acids is 9. The molecule has 7 fully saturated rings. The van der Waals surface area contributed by atoms with E-state index in [0.717, 1.165) is 120 Å². The molecule has 1 aliphatic carbocycles. The van der Waals surface area contributed by atoms with Crippen molar-refractivity contribution in [2.45, 2.75) is 153 Å². The molecular weight excluding hydrogens is 2010 g/mol. The number of aliphatic hydroxyl groups excluding tert-OH is 1. The largest absolute Gasteiger partial charge is 2.00 e. The number of hydrogen-bond donors (Lipinski definition) is 9. The predicted molar refractivity (Wildman–Crippen MR) is 444 cm³/mol. The van der Waals surface area contributed by atoms with Gasteiger partial charge >= 0.3 is 132 Å². The first kappa shape index (κ1) is 113. The van der Waals surface area contributed by atoms with Gasteiger partial charge in [0.1, 0.15) is 87.3 Å². The van der Waals surface area contributed by atoms with Gasteiger partial charge in [0, 0.05) is 161 Å². The van der Waals surface area contributed by atoms with Crippen molar-refractivity contribution < 1.29 is 261 Å². The van der Waals surface area contributed by atoms with Crippen molar-refractivity contribution in [3.05, 3.63) is 252 Å². The molecule has 6 unspecified atom stereocenters. The number of esters is 1. The van der Waals surface area contributed by atoms with E-state index in [-0.39, 0.29) is 298 Å². The topological polar surface area (TPSA) is 476 Å². The Kier molecular flexibility index (Phi) is 40.9. The van der Waals surface area contributed by atoms with Crippen molar-refractivity contribution >= 4 is 76.8 Å². The first-order chi connectivity index (χ1) is 62.6. The second-order valence-corrected chi connectivity index (χ2v) is 31.9. The smallest absolute Gasteiger partial charge is 1.00 e. The Bertz CT molecular complexity index is 5960. The average molecular weight is 2100 g/mol. The van der Waals surface area contributed by atoms with E-state index in [1.54, 1.807) is 19.3 Å². The quantitative estimate of drug-likeness (QED) is 0.00733. The minimum absolute atomic E-state index is 0. The number of nitrogens with one attached hydrogen (secondary N) is 4. The van der Waals surface area contributed by atoms with Crippen LogP contribution in [0.15, 0.2) is 117 Å². The van der Waals surface area contributed by atoms with E-state index in [4.69, 9.17) is 25.3 Å². The van der Waals surface area contributed by atoms with Gasteiger partial charge in [0.25, 0.3) is 47.8 Å². The third-order valence-electron chi connectivity index (χ3n) is 24.0. The number of fused-ring (bicyclic) bond motifs is 18. The third kappa shape index (κ3) is 24.5. The molecule has 0 radical (unpaired) electrons. The molecule has 50 heteroatoms. The first-order valence-corrected chi connectivity index (χ1v) is 41.2. The summed E-state index contributed by atoms with van der Waals surface area (Å²) in [5.41, 5.74) is 0.266. The molecule has 9 atom stereocenters. The summed E-state index contributed by atoms with van der Waals surface area (Å²) in [5.74, 6) is -14.0. The average Bonchev–Trinajstić information content (AvgIpc) is 1.59. The number of carbonyl (C=O) groups is 9. The summed E-state index contributed by atoms with van der Waals surface area (Å²) in [5, 5.41) is 57.3. The van der Waals surface area contributed by atoms with Crippen LogP contribution in [0.2, 0.25) is 0 Å². The molecule has 0 spiro atoms. The summed E-state index contributed by atoms with van der Waals surface area (Å²) < 4.78 is 127. The van der Waals surface area contributed by atoms with Crippen molar-refractivity contribution in [1.29, 1.82) is 0 Å². The van der Waals surface area contributed by atoms with Gasteiger partial charge in [-0.1, -0.05) is 43.5 Å². The number of aliphatic hydroxyl groups is 2. The Morgan fingerprint density at radius 2 is 0.772 bits per heavy atom. The number of ether oxygens (including phenoxy) is 3. The molecule has 18 rings (SSSR count). The molecule has 4 aromatic heterocycles. The fraction of sp³-hybridized carbons (Fsp3) is 0.384. The van der Waals surface area contributed by atoms with Crippen LogP contribution in [0.3, 0.4) is 0 Å². The molecule has 13 heterocycles. The minimum atomic E-state index is -1.92. The van der Waals surface area contributed by atoms with Crippen LogP contribution in [0.25, 0.3) is 0 Å². The van der Waals surface area contributed by atoms with E-state index >= 15 is 0 Å². The standard InChI is InChI=1S/C21H20F2N4O4.2C20H18F2N4O4.C18H18F2N2O7.C6H13N.CH2O3.2BrH.2K.Mg.H/c1-31-19-17-21(30)27-13-4-5-25(8-13)16(27)10-26(17)9-14(18(19)28)20(29)24-7-11-2-3-12(22)6-15(11)23;2*21-11-2-1-10(14(22)5-11)6-23-19(29)13-8-25-9-15-24-4-3-12(7-24)26(15)20(30)16(25)18(28)17(13)27;1-28-16-14(18(27)29-2)22(8-13(23)24)7-11(15(16)25)17(26)21-6-9-3-4-10(19)5-12(9)20;7-6-4-2-1-3-5-6;2-1-4-3;;;;;;/h2-3,6,9,13,16H,4-5,7-8,10H2,1H3,(H,24,29);2*1-2,5,8,12,15,28H,3-4,6-7,9H2,(H,23,29);3-5,7,13,23-24H,6,8H2,1-2H3,(H,21,26);6H,1-5,7H2;1,3H;2*1H;;;;/q;;;;;;;;2*+1;+2;-1/p-3/t13-,16?;2*12-,15?;;;;;;;;;/m000........./s1. The van der Waals surface area contributed by atoms with Crippen molar-refractivity contribution in [3.63, 3.8) is 0 Å². The van der Waals surface area contributed by atoms with Crippen LogP contribution in [0.1, 0.15) is 158 Å². The van der Waals surface area contributed by atoms with Crippen LogP contribution in [-0.2, 0) is 66.8 Å². The van der Waals surface area contributed by atoms with Gasteiger partial charge in [-0.25, -0.2) is 39.9 Å². The fourth-order valence-electron chi connectivity index (χ4n) is 17.7. The third-order valence-corrected chi connectivity index (χ3v) is 24.0. The number of rotatable bonds is 18. The Morgan fingerprint density at radius 3 is 1.06 bits per heavy atom. The number of aromatic nitrogens is 4. The molecule has 714 valence electrons. The number of amides is 7. The Balaban J connectivity index is 0.000000236. The van der Waals surface area contributed by atoms with E-state index in [2.05, 4.69) is 45.6 Å². The van der Waals surface area contributed by atoms with Gasteiger partial charge in [0.2, 0.25) is 21.7 Å². The first-order valence-electron chi connectivity index (χ1n) is 41.2. The second-order valence-electron chi connectivity index (χ2n) is 31.9. The van der Waals surface area contributed by atoms with Gasteiger partial charge in [-0.15, -0.1) is 0 Å². The molecular formula is C86H89Br2F8K2MgN15O22. The number of hydrogen-bond acceptors (Lipinski definition) is 26. The van der Waals surface area contributed by atoms with Crippen molar-refractivity contribution in [2.24, 2.45) is 5.73 Å². The van der Waals surface area contributed by atoms with Crippen LogP contribution in [0.4, 0.5) is 35.1 Å². The zero-order valence-electron chi connectivity index (χ0n) is 74.7. The van der Waals surface area contributed by atoms with E-state index < -0.39 is 151 Å². The van der Waals surface area contributed by atoms with Crippen LogP contribution in [-0.4, -0.2) is 254 Å². The zero-order chi connectivity index (χ0) is 94.4. The molecule has 8 aromatic rings. The van der Waals surface area contributed by atoms with Gasteiger partial charge in [0.05, 0.1) is 47.5 Å². The molecule has 9 aliphatic heterocycles. The summed E-state index contributed by atoms with van der Waals surface area (Å²) in [4.78, 5) is 175. The number of benzene rings is 4. The molecule has 136 heavy (non-hydrogen) atoms. The van der Waals surface area contributed by atoms with Crippen molar-refractivity contribution in [1.82, 2.24) is 68.9 Å². The number of aromatic hydroxyl groups is 2. The van der Waals surface area contributed by atoms with E-state index in [1.807, 2.05) is 0 Å². The van der Waals surface area contributed by atoms with Gasteiger partial charge in [0.15, 0.2) is 52.1 Å². The molecule has 10 aliphatic rings. The molecule has 10 N–H and O–H groups in total. The fourth-order valence-corrected chi connectivity index (χ4v) is 17.7. The van der Waals surface area contributed by atoms with Crippen LogP contribution >= 0.6 is 0 Å². The summed E-state index contributed by atoms with van der Waals surface area (Å²) in [6.45, 7) is 4.18. The van der Waals surface area contributed by atoms with Gasteiger partial charge in [-0.2, -0.15) is 0 Å². The Labute approximate surface area is 891 Å². The Hall–Kier alpha value is -8.73. The van der Waals surface area contributed by atoms with Crippen molar-refractivity contribution in [2.75, 3.05) is 60.6 Å². The number of pyridine rings is 4. The molecule has 6 bridgehead atoms. The maximum absolute atomic E-state index is 13.8. The number of halogens is 10. The van der Waals surface area contributed by atoms with Gasteiger partial charge in [-0.05, 0) is 56.4 Å². The number of methoxy groups -OCH3 is 3. The summed E-state index contributed by atoms with van der Waals surface area (Å²) in [7, 11) is 3.41. The summed E-state index contributed by atoms with van der Waals surface area (Å²) in [6.07, 6.45) is 11.7. The molecule has 37 nitrogen and oxygen atoms in total. The van der Waals surface area contributed by atoms with Crippen LogP contribution in [0.5, 0.6) is 23.0 Å². The minimum Gasteiger partial charge on any atom is -1.00 e. The van der Waals surface area contributed by atoms with Crippen molar-refractivity contribution in [3.8, 4) is 23.0 Å². The second kappa shape index (κ2) is 49.4. The summed E-state index contributed by atoms with van der Waals surface area (Å²) in [6, 6.07) is 12.5. The monoisotopic (exact) mass is 2100 g/mol. The molecule has 1 saturated carbocycles. The number of nitrogens with zero attached hydrogens (tertiary/aromatic N) is 10. The number of nitrogens with two attached hydrogens (primary N) is 1. The summed E-state index contributed by atoms with van der Waals surface area (Å²) >= 11 is 0. The predicted octanol–water partition coefficient (Wildman–Crippen LogP) is -10.2. The molecule has 4 aromatic carbocycles. The molecule has 7 amide bonds. The van der Waals surface area contributed by atoms with E-state index in [9.17, 15) is 113 Å². The Morgan fingerprint density at radius 1 is 0.471 bits per heavy atom. The van der Waals surface area contributed by atoms with E-state index in [1.165, 1.54) is 85.1 Å². The SMILES string of the molecule is COC(=O)c1c(OC)c(=O)c(C(=O)NCc2ccc(F)cc2F)cn1CC(O)O.COc1c2n(cc(C(=O)NCc3ccc(F)cc3F)c1=O)CC1N3CC[C@@H](C3)N1C2=O.NC1CCCCC1.O=C(NCc1ccc(F)cc1F)c1cn2c(c(O)c1=O)C(=O)N1C(C2)N2CC[C@H]1C2.O=C(NCc1ccc(F)cc1F)c1cn2c(c(O)c1=O)C(=O)N1C(C2)N2CC[C@H]1C2.O=CO[O-].[Br-].[Br-].[H-].[K+].[K+].[Mg+2]. The maximum atomic E-state index is 13.8. The van der Waals surface area contributed by atoms with Gasteiger partial charge < -0.3 is 140 Å². The maximum Gasteiger partial charge on any atom is 2.00 e. The zero-order valence-corrected chi connectivity index (χ0v) is 84.5. The van der Waals surface area contributed by atoms with Crippen LogP contribution in [0, 0.1) is 46.5 Å². The van der Waals surface area contributed by atoms with Crippen LogP contribution < -0.4 is 200 Å². The van der Waals surface area contributed by atoms with E-state index in [0.29, 0.717) is 43.9 Å². The van der Waals surface area contributed by atoms with Gasteiger partial charge in [-0.3, -0.25) is 72.2 Å².